The van der Waals surface area contributed by atoms with Crippen molar-refractivity contribution >= 4 is 15.9 Å². The Kier molecular flexibility index (Phi) is 3.30. The van der Waals surface area contributed by atoms with Crippen LogP contribution in [0.3, 0.4) is 0 Å². The van der Waals surface area contributed by atoms with Gasteiger partial charge >= 0.3 is 0 Å². The molecule has 0 bridgehead atoms. The highest BCUT2D eigenvalue weighted by Gasteiger charge is 2.09. The number of hydrogen-bond donors (Lipinski definition) is 0. The molecule has 4 heteroatoms. The average molecular weight is 290 g/mol. The number of nitriles is 1. The molecule has 2 aromatic rings. The topological polar surface area (TPSA) is 41.6 Å². The van der Waals surface area contributed by atoms with Gasteiger partial charge in [0.05, 0.1) is 28.3 Å². The first-order valence-electron chi connectivity index (χ1n) is 5.31. The third-order valence-electron chi connectivity index (χ3n) is 2.81. The summed E-state index contributed by atoms with van der Waals surface area (Å²) in [4.78, 5) is 0. The molecule has 3 nitrogen and oxygen atoms in total. The third kappa shape index (κ3) is 2.25. The molecule has 0 aliphatic carbocycles. The summed E-state index contributed by atoms with van der Waals surface area (Å²) in [6.07, 6.45) is 2.22. The molecule has 0 aliphatic rings. The van der Waals surface area contributed by atoms with Crippen molar-refractivity contribution in [3.05, 3.63) is 45.7 Å². The van der Waals surface area contributed by atoms with Crippen LogP contribution in [-0.4, -0.2) is 9.78 Å². The lowest BCUT2D eigenvalue weighted by molar-refractivity contribution is 0.845. The van der Waals surface area contributed by atoms with E-state index in [0.717, 1.165) is 15.9 Å². The van der Waals surface area contributed by atoms with Crippen LogP contribution in [0, 0.1) is 25.2 Å². The summed E-state index contributed by atoms with van der Waals surface area (Å²) in [7, 11) is 0. The fourth-order valence-electron chi connectivity index (χ4n) is 1.69. The Hall–Kier alpha value is -1.60. The SMILES string of the molecule is Cc1cccc(-n2cc(Br)c(CC#N)n2)c1C. The third-order valence-corrected chi connectivity index (χ3v) is 3.47. The van der Waals surface area contributed by atoms with Gasteiger partial charge in [0.2, 0.25) is 0 Å². The number of benzene rings is 1. The van der Waals surface area contributed by atoms with Crippen molar-refractivity contribution in [1.82, 2.24) is 9.78 Å². The Morgan fingerprint density at radius 3 is 2.88 bits per heavy atom. The highest BCUT2D eigenvalue weighted by Crippen LogP contribution is 2.21. The molecule has 0 spiro atoms. The summed E-state index contributed by atoms with van der Waals surface area (Å²) in [6.45, 7) is 4.15. The quantitative estimate of drug-likeness (QED) is 0.851. The van der Waals surface area contributed by atoms with Crippen LogP contribution in [0.2, 0.25) is 0 Å². The molecular weight excluding hydrogens is 278 g/mol. The zero-order chi connectivity index (χ0) is 12.4. The molecule has 1 aromatic carbocycles. The van der Waals surface area contributed by atoms with Crippen LogP contribution >= 0.6 is 15.9 Å². The van der Waals surface area contributed by atoms with Crippen LogP contribution in [-0.2, 0) is 6.42 Å². The number of aromatic nitrogens is 2. The van der Waals surface area contributed by atoms with Gasteiger partial charge in [-0.1, -0.05) is 12.1 Å². The Balaban J connectivity index is 2.51. The molecule has 0 fully saturated rings. The molecule has 2 rings (SSSR count). The molecule has 0 amide bonds. The number of nitrogens with zero attached hydrogens (tertiary/aromatic N) is 3. The molecule has 0 atom stereocenters. The van der Waals surface area contributed by atoms with E-state index in [0.29, 0.717) is 6.42 Å². The molecule has 0 saturated heterocycles. The molecule has 0 saturated carbocycles. The van der Waals surface area contributed by atoms with Crippen LogP contribution in [0.4, 0.5) is 0 Å². The van der Waals surface area contributed by atoms with E-state index < -0.39 is 0 Å². The zero-order valence-corrected chi connectivity index (χ0v) is 11.3. The van der Waals surface area contributed by atoms with Gasteiger partial charge in [-0.05, 0) is 47.0 Å². The summed E-state index contributed by atoms with van der Waals surface area (Å²) in [5.41, 5.74) is 4.25. The van der Waals surface area contributed by atoms with Gasteiger partial charge in [0, 0.05) is 6.20 Å². The standard InChI is InChI=1S/C13H12BrN3/c1-9-4-3-5-13(10(9)2)17-8-11(14)12(16-17)6-7-15/h3-5,8H,6H2,1-2H3. The second kappa shape index (κ2) is 4.72. The first kappa shape index (κ1) is 11.9. The summed E-state index contributed by atoms with van der Waals surface area (Å²) in [6, 6.07) is 8.22. The highest BCUT2D eigenvalue weighted by molar-refractivity contribution is 9.10. The predicted molar refractivity (Wildman–Crippen MR) is 70.1 cm³/mol. The maximum atomic E-state index is 8.70. The minimum Gasteiger partial charge on any atom is -0.239 e. The van der Waals surface area contributed by atoms with Gasteiger partial charge in [-0.25, -0.2) is 4.68 Å². The van der Waals surface area contributed by atoms with Gasteiger partial charge in [-0.2, -0.15) is 10.4 Å². The van der Waals surface area contributed by atoms with Crippen molar-refractivity contribution in [3.63, 3.8) is 0 Å². The molecule has 0 unspecified atom stereocenters. The maximum Gasteiger partial charge on any atom is 0.0911 e. The fourth-order valence-corrected chi connectivity index (χ4v) is 2.10. The Labute approximate surface area is 109 Å². The lowest BCUT2D eigenvalue weighted by atomic mass is 10.1. The zero-order valence-electron chi connectivity index (χ0n) is 9.74. The number of hydrogen-bond acceptors (Lipinski definition) is 2. The van der Waals surface area contributed by atoms with E-state index in [4.69, 9.17) is 5.26 Å². The molecule has 17 heavy (non-hydrogen) atoms. The van der Waals surface area contributed by atoms with Crippen molar-refractivity contribution < 1.29 is 0 Å². The smallest absolute Gasteiger partial charge is 0.0911 e. The molecule has 0 radical (unpaired) electrons. The maximum absolute atomic E-state index is 8.70. The summed E-state index contributed by atoms with van der Waals surface area (Å²) < 4.78 is 2.69. The van der Waals surface area contributed by atoms with E-state index in [1.807, 2.05) is 23.0 Å². The van der Waals surface area contributed by atoms with Crippen molar-refractivity contribution in [3.8, 4) is 11.8 Å². The molecule has 0 aliphatic heterocycles. The van der Waals surface area contributed by atoms with E-state index in [-0.39, 0.29) is 0 Å². The number of rotatable bonds is 2. The lowest BCUT2D eigenvalue weighted by Crippen LogP contribution is -1.99. The fraction of sp³-hybridized carbons (Fsp3) is 0.231. The van der Waals surface area contributed by atoms with Crippen LogP contribution in [0.5, 0.6) is 0 Å². The summed E-state index contributed by atoms with van der Waals surface area (Å²) in [5, 5.41) is 13.1. The van der Waals surface area contributed by atoms with Crippen LogP contribution < -0.4 is 0 Å². The van der Waals surface area contributed by atoms with Gasteiger partial charge in [0.1, 0.15) is 0 Å². The van der Waals surface area contributed by atoms with Gasteiger partial charge in [-0.15, -0.1) is 0 Å². The van der Waals surface area contributed by atoms with Gasteiger partial charge in [0.15, 0.2) is 0 Å². The van der Waals surface area contributed by atoms with Gasteiger partial charge in [0.25, 0.3) is 0 Å². The molecule has 0 N–H and O–H groups in total. The molecule has 86 valence electrons. The van der Waals surface area contributed by atoms with Crippen LogP contribution in [0.1, 0.15) is 16.8 Å². The number of halogens is 1. The first-order valence-corrected chi connectivity index (χ1v) is 6.10. The largest absolute Gasteiger partial charge is 0.239 e. The normalized spacial score (nSPS) is 10.2. The lowest BCUT2D eigenvalue weighted by Gasteiger charge is -2.07. The van der Waals surface area contributed by atoms with E-state index in [1.165, 1.54) is 11.1 Å². The van der Waals surface area contributed by atoms with E-state index >= 15 is 0 Å². The summed E-state index contributed by atoms with van der Waals surface area (Å²) >= 11 is 3.42. The molecular formula is C13H12BrN3. The second-order valence-electron chi connectivity index (χ2n) is 3.92. The second-order valence-corrected chi connectivity index (χ2v) is 4.78. The molecule has 1 aromatic heterocycles. The number of aryl methyl sites for hydroxylation is 1. The van der Waals surface area contributed by atoms with Crippen LogP contribution in [0.25, 0.3) is 5.69 Å². The summed E-state index contributed by atoms with van der Waals surface area (Å²) in [5.74, 6) is 0. The van der Waals surface area contributed by atoms with Gasteiger partial charge < -0.3 is 0 Å². The minimum absolute atomic E-state index is 0.318. The van der Waals surface area contributed by atoms with Crippen molar-refractivity contribution in [2.24, 2.45) is 0 Å². The van der Waals surface area contributed by atoms with Crippen molar-refractivity contribution in [2.45, 2.75) is 20.3 Å². The molecule has 1 heterocycles. The highest BCUT2D eigenvalue weighted by atomic mass is 79.9. The van der Waals surface area contributed by atoms with E-state index in [1.54, 1.807) is 0 Å². The van der Waals surface area contributed by atoms with E-state index in [2.05, 4.69) is 47.0 Å². The predicted octanol–water partition coefficient (Wildman–Crippen LogP) is 3.32. The van der Waals surface area contributed by atoms with Crippen molar-refractivity contribution in [1.29, 1.82) is 5.26 Å². The Morgan fingerprint density at radius 2 is 2.18 bits per heavy atom. The monoisotopic (exact) mass is 289 g/mol. The Bertz CT molecular complexity index is 593. The first-order chi connectivity index (χ1) is 8.13. The Morgan fingerprint density at radius 1 is 1.41 bits per heavy atom. The minimum atomic E-state index is 0.318. The van der Waals surface area contributed by atoms with E-state index in [9.17, 15) is 0 Å². The average Bonchev–Trinajstić information content (AvgIpc) is 2.65. The van der Waals surface area contributed by atoms with Crippen molar-refractivity contribution in [2.75, 3.05) is 0 Å². The van der Waals surface area contributed by atoms with Gasteiger partial charge in [-0.3, -0.25) is 0 Å². The van der Waals surface area contributed by atoms with Crippen LogP contribution in [0.15, 0.2) is 28.9 Å².